The highest BCUT2D eigenvalue weighted by Gasteiger charge is 2.39. The number of amides is 1. The van der Waals surface area contributed by atoms with Gasteiger partial charge in [0, 0.05) is 39.3 Å². The van der Waals surface area contributed by atoms with E-state index in [4.69, 9.17) is 0 Å². The van der Waals surface area contributed by atoms with Crippen LogP contribution in [0.3, 0.4) is 0 Å². The van der Waals surface area contributed by atoms with E-state index in [0.29, 0.717) is 32.5 Å². The van der Waals surface area contributed by atoms with E-state index in [1.54, 1.807) is 9.80 Å². The number of piperidine rings is 1. The fourth-order valence-electron chi connectivity index (χ4n) is 6.01. The predicted molar refractivity (Wildman–Crippen MR) is 149 cm³/mol. The van der Waals surface area contributed by atoms with Gasteiger partial charge in [0.15, 0.2) is 0 Å². The van der Waals surface area contributed by atoms with Crippen LogP contribution in [0.2, 0.25) is 0 Å². The number of hydrogen-bond donors (Lipinski definition) is 1. The molecule has 2 aliphatic heterocycles. The summed E-state index contributed by atoms with van der Waals surface area (Å²) in [7, 11) is 0. The van der Waals surface area contributed by atoms with E-state index in [0.717, 1.165) is 23.3 Å². The summed E-state index contributed by atoms with van der Waals surface area (Å²) in [5.74, 6) is -0.114. The van der Waals surface area contributed by atoms with Crippen LogP contribution in [0.5, 0.6) is 0 Å². The lowest BCUT2D eigenvalue weighted by Gasteiger charge is -2.43. The lowest BCUT2D eigenvalue weighted by molar-refractivity contribution is -0.143. The van der Waals surface area contributed by atoms with Gasteiger partial charge in [0.1, 0.15) is 0 Å². The van der Waals surface area contributed by atoms with Crippen molar-refractivity contribution in [1.29, 1.82) is 0 Å². The molecular weight excluding hydrogens is 572 g/mol. The fraction of sp³-hybridized carbons (Fsp3) is 0.406. The lowest BCUT2D eigenvalue weighted by atomic mass is 9.84. The van der Waals surface area contributed by atoms with Crippen LogP contribution in [0.1, 0.15) is 46.7 Å². The minimum Gasteiger partial charge on any atom is -0.385 e. The Morgan fingerprint density at radius 1 is 0.767 bits per heavy atom. The summed E-state index contributed by atoms with van der Waals surface area (Å²) in [6, 6.07) is 19.9. The summed E-state index contributed by atoms with van der Waals surface area (Å²) in [5.41, 5.74) is -2.04. The molecule has 5 rings (SSSR count). The minimum absolute atomic E-state index is 0.0899. The van der Waals surface area contributed by atoms with Crippen LogP contribution in [0.25, 0.3) is 0 Å². The molecule has 0 saturated carbocycles. The van der Waals surface area contributed by atoms with Gasteiger partial charge in [0.2, 0.25) is 5.91 Å². The number of benzene rings is 3. The van der Waals surface area contributed by atoms with Crippen LogP contribution in [-0.2, 0) is 29.3 Å². The molecule has 2 saturated heterocycles. The summed E-state index contributed by atoms with van der Waals surface area (Å²) in [6.45, 7) is 1.90. The number of piperazine rings is 1. The third-order valence-corrected chi connectivity index (χ3v) is 8.38. The molecule has 3 aromatic carbocycles. The predicted octanol–water partition coefficient (Wildman–Crippen LogP) is 6.09. The van der Waals surface area contributed by atoms with Gasteiger partial charge in [-0.05, 0) is 47.7 Å². The zero-order valence-corrected chi connectivity index (χ0v) is 23.4. The molecule has 5 nitrogen and oxygen atoms in total. The standard InChI is InChI=1S/C32H33F6N3O2/c33-31(34,35)26-17-23(18-27(19-26)32(36,37)38)20-40-15-16-41(28(21-40)24-7-3-1-4-8-24)29(42)22-39-13-11-30(43,12-14-39)25-9-5-2-6-10-25/h1-10,17-19,28,43H,11-16,20-22H2. The molecule has 43 heavy (non-hydrogen) atoms. The van der Waals surface area contributed by atoms with Crippen molar-refractivity contribution >= 4 is 5.91 Å². The first-order valence-electron chi connectivity index (χ1n) is 14.2. The van der Waals surface area contributed by atoms with Gasteiger partial charge in [-0.1, -0.05) is 60.7 Å². The molecule has 230 valence electrons. The fourth-order valence-corrected chi connectivity index (χ4v) is 6.01. The molecule has 11 heteroatoms. The topological polar surface area (TPSA) is 47.0 Å². The maximum absolute atomic E-state index is 13.6. The van der Waals surface area contributed by atoms with Crippen molar-refractivity contribution in [3.8, 4) is 0 Å². The van der Waals surface area contributed by atoms with Crippen molar-refractivity contribution < 1.29 is 36.2 Å². The van der Waals surface area contributed by atoms with Crippen molar-refractivity contribution in [1.82, 2.24) is 14.7 Å². The van der Waals surface area contributed by atoms with Crippen molar-refractivity contribution in [3.63, 3.8) is 0 Å². The van der Waals surface area contributed by atoms with Gasteiger partial charge < -0.3 is 10.0 Å². The highest BCUT2D eigenvalue weighted by Crippen LogP contribution is 2.37. The quantitative estimate of drug-likeness (QED) is 0.346. The number of hydrogen-bond acceptors (Lipinski definition) is 4. The molecule has 2 heterocycles. The third kappa shape index (κ3) is 7.39. The Balaban J connectivity index is 1.29. The first-order chi connectivity index (χ1) is 20.3. The monoisotopic (exact) mass is 605 g/mol. The maximum atomic E-state index is 13.6. The Morgan fingerprint density at radius 3 is 1.88 bits per heavy atom. The first kappa shape index (κ1) is 31.0. The molecule has 2 aliphatic rings. The van der Waals surface area contributed by atoms with E-state index >= 15 is 0 Å². The molecule has 1 unspecified atom stereocenters. The maximum Gasteiger partial charge on any atom is 0.416 e. The molecule has 3 aromatic rings. The summed E-state index contributed by atoms with van der Waals surface area (Å²) in [6.07, 6.45) is -8.87. The number of aliphatic hydroxyl groups is 1. The Hall–Kier alpha value is -3.41. The average molecular weight is 606 g/mol. The van der Waals surface area contributed by atoms with Gasteiger partial charge in [-0.3, -0.25) is 14.6 Å². The normalized spacial score (nSPS) is 20.3. The van der Waals surface area contributed by atoms with E-state index in [9.17, 15) is 36.2 Å². The summed E-state index contributed by atoms with van der Waals surface area (Å²) >= 11 is 0. The van der Waals surface area contributed by atoms with Crippen molar-refractivity contribution in [2.45, 2.75) is 43.4 Å². The Labute approximate surface area is 246 Å². The first-order valence-corrected chi connectivity index (χ1v) is 14.2. The SMILES string of the molecule is O=C(CN1CCC(O)(c2ccccc2)CC1)N1CCN(Cc2cc(C(F)(F)F)cc(C(F)(F)F)c2)CC1c1ccccc1. The van der Waals surface area contributed by atoms with Crippen LogP contribution >= 0.6 is 0 Å². The summed E-state index contributed by atoms with van der Waals surface area (Å²) < 4.78 is 80.5. The highest BCUT2D eigenvalue weighted by molar-refractivity contribution is 5.79. The molecule has 0 aromatic heterocycles. The summed E-state index contributed by atoms with van der Waals surface area (Å²) in [5, 5.41) is 11.2. The smallest absolute Gasteiger partial charge is 0.385 e. The Bertz CT molecular complexity index is 1360. The number of carbonyl (C=O) groups excluding carboxylic acids is 1. The molecule has 1 amide bonds. The molecule has 0 aliphatic carbocycles. The number of likely N-dealkylation sites (tertiary alicyclic amines) is 1. The number of alkyl halides is 6. The number of carbonyl (C=O) groups is 1. The lowest BCUT2D eigenvalue weighted by Crippen LogP contribution is -2.53. The minimum atomic E-state index is -4.92. The van der Waals surface area contributed by atoms with Gasteiger partial charge in [-0.25, -0.2) is 0 Å². The van der Waals surface area contributed by atoms with E-state index in [2.05, 4.69) is 0 Å². The van der Waals surface area contributed by atoms with Crippen LogP contribution in [-0.4, -0.2) is 65.0 Å². The van der Waals surface area contributed by atoms with Crippen LogP contribution < -0.4 is 0 Å². The number of halogens is 6. The van der Waals surface area contributed by atoms with E-state index < -0.39 is 35.1 Å². The zero-order chi connectivity index (χ0) is 30.8. The molecule has 2 fully saturated rings. The van der Waals surface area contributed by atoms with E-state index in [-0.39, 0.29) is 43.7 Å². The van der Waals surface area contributed by atoms with Crippen molar-refractivity contribution in [2.75, 3.05) is 39.3 Å². The van der Waals surface area contributed by atoms with E-state index in [1.807, 2.05) is 65.6 Å². The molecule has 0 bridgehead atoms. The second kappa shape index (κ2) is 12.3. The number of rotatable bonds is 6. The Kier molecular flexibility index (Phi) is 8.87. The van der Waals surface area contributed by atoms with Crippen LogP contribution in [0.15, 0.2) is 78.9 Å². The largest absolute Gasteiger partial charge is 0.416 e. The molecule has 0 spiro atoms. The molecule has 1 atom stereocenters. The van der Waals surface area contributed by atoms with Gasteiger partial charge in [0.05, 0.1) is 29.3 Å². The second-order valence-corrected chi connectivity index (χ2v) is 11.3. The van der Waals surface area contributed by atoms with Crippen molar-refractivity contribution in [3.05, 3.63) is 107 Å². The highest BCUT2D eigenvalue weighted by atomic mass is 19.4. The zero-order valence-electron chi connectivity index (χ0n) is 23.4. The second-order valence-electron chi connectivity index (χ2n) is 11.3. The van der Waals surface area contributed by atoms with Gasteiger partial charge in [-0.15, -0.1) is 0 Å². The van der Waals surface area contributed by atoms with Crippen LogP contribution in [0, 0.1) is 0 Å². The van der Waals surface area contributed by atoms with Crippen molar-refractivity contribution in [2.24, 2.45) is 0 Å². The Morgan fingerprint density at radius 2 is 1.33 bits per heavy atom. The molecule has 1 N–H and O–H groups in total. The van der Waals surface area contributed by atoms with Crippen LogP contribution in [0.4, 0.5) is 26.3 Å². The third-order valence-electron chi connectivity index (χ3n) is 8.38. The van der Waals surface area contributed by atoms with Gasteiger partial charge in [-0.2, -0.15) is 26.3 Å². The number of nitrogens with zero attached hydrogens (tertiary/aromatic N) is 3. The molecular formula is C32H33F6N3O2. The van der Waals surface area contributed by atoms with E-state index in [1.165, 1.54) is 0 Å². The average Bonchev–Trinajstić information content (AvgIpc) is 2.98. The molecule has 0 radical (unpaired) electrons. The van der Waals surface area contributed by atoms with Gasteiger partial charge in [0.25, 0.3) is 0 Å². The van der Waals surface area contributed by atoms with Gasteiger partial charge >= 0.3 is 12.4 Å². The summed E-state index contributed by atoms with van der Waals surface area (Å²) in [4.78, 5) is 19.2.